The van der Waals surface area contributed by atoms with Gasteiger partial charge in [0.05, 0.1) is 4.90 Å². The minimum absolute atomic E-state index is 0.249. The Labute approximate surface area is 154 Å². The summed E-state index contributed by atoms with van der Waals surface area (Å²) in [5, 5.41) is 10.5. The van der Waals surface area contributed by atoms with Gasteiger partial charge >= 0.3 is 0 Å². The van der Waals surface area contributed by atoms with E-state index in [0.717, 1.165) is 12.8 Å². The van der Waals surface area contributed by atoms with Gasteiger partial charge in [-0.15, -0.1) is 0 Å². The van der Waals surface area contributed by atoms with E-state index in [1.54, 1.807) is 16.4 Å². The predicted octanol–water partition coefficient (Wildman–Crippen LogP) is 3.29. The number of hydrogen-bond donors (Lipinski definition) is 1. The second kappa shape index (κ2) is 6.51. The van der Waals surface area contributed by atoms with Crippen LogP contribution in [0.3, 0.4) is 0 Å². The third-order valence-corrected chi connectivity index (χ3v) is 7.19. The zero-order valence-corrected chi connectivity index (χ0v) is 15.8. The SMILES string of the molecule is O=S(=O)(c1cc(Br)c2n[nH]nc2c1)N1CCC(c2ccccc2)CC1. The van der Waals surface area contributed by atoms with Crippen molar-refractivity contribution in [2.75, 3.05) is 13.1 Å². The smallest absolute Gasteiger partial charge is 0.207 e. The molecule has 0 radical (unpaired) electrons. The molecule has 0 spiro atoms. The van der Waals surface area contributed by atoms with Crippen molar-refractivity contribution in [1.82, 2.24) is 19.7 Å². The van der Waals surface area contributed by atoms with Gasteiger partial charge < -0.3 is 0 Å². The molecule has 1 aromatic heterocycles. The summed E-state index contributed by atoms with van der Waals surface area (Å²) in [7, 11) is -3.54. The number of nitrogens with one attached hydrogen (secondary N) is 1. The van der Waals surface area contributed by atoms with Crippen molar-refractivity contribution in [3.05, 3.63) is 52.5 Å². The number of benzene rings is 2. The van der Waals surface area contributed by atoms with Gasteiger partial charge in [0, 0.05) is 17.6 Å². The molecule has 8 heteroatoms. The molecule has 0 aliphatic carbocycles. The van der Waals surface area contributed by atoms with Gasteiger partial charge in [0.15, 0.2) is 0 Å². The summed E-state index contributed by atoms with van der Waals surface area (Å²) in [5.74, 6) is 0.414. The number of piperidine rings is 1. The van der Waals surface area contributed by atoms with Crippen molar-refractivity contribution in [1.29, 1.82) is 0 Å². The van der Waals surface area contributed by atoms with Crippen molar-refractivity contribution in [2.24, 2.45) is 0 Å². The van der Waals surface area contributed by atoms with Crippen LogP contribution in [0.4, 0.5) is 0 Å². The van der Waals surface area contributed by atoms with Gasteiger partial charge in [-0.05, 0) is 52.4 Å². The molecule has 0 bridgehead atoms. The molecule has 0 unspecified atom stereocenters. The Hall–Kier alpha value is -1.77. The van der Waals surface area contributed by atoms with Crippen LogP contribution in [-0.4, -0.2) is 41.2 Å². The second-order valence-corrected chi connectivity index (χ2v) is 8.98. The maximum Gasteiger partial charge on any atom is 0.243 e. The number of nitrogens with zero attached hydrogens (tertiary/aromatic N) is 3. The lowest BCUT2D eigenvalue weighted by molar-refractivity contribution is 0.319. The highest BCUT2D eigenvalue weighted by Gasteiger charge is 2.30. The van der Waals surface area contributed by atoms with Crippen molar-refractivity contribution in [2.45, 2.75) is 23.7 Å². The molecule has 0 amide bonds. The summed E-state index contributed by atoms with van der Waals surface area (Å²) in [6.45, 7) is 1.05. The van der Waals surface area contributed by atoms with Gasteiger partial charge in [-0.2, -0.15) is 19.7 Å². The Balaban J connectivity index is 1.57. The highest BCUT2D eigenvalue weighted by molar-refractivity contribution is 9.10. The second-order valence-electron chi connectivity index (χ2n) is 6.19. The molecule has 4 rings (SSSR count). The molecular formula is C17H17BrN4O2S. The number of aromatic nitrogens is 3. The average Bonchev–Trinajstić information content (AvgIpc) is 3.12. The van der Waals surface area contributed by atoms with Crippen LogP contribution in [0, 0.1) is 0 Å². The fourth-order valence-corrected chi connectivity index (χ4v) is 5.54. The maximum atomic E-state index is 13.0. The summed E-state index contributed by atoms with van der Waals surface area (Å²) in [5.41, 5.74) is 2.44. The van der Waals surface area contributed by atoms with Crippen LogP contribution in [0.15, 0.2) is 51.8 Å². The van der Waals surface area contributed by atoms with Crippen LogP contribution in [0.2, 0.25) is 0 Å². The van der Waals surface area contributed by atoms with E-state index >= 15 is 0 Å². The fourth-order valence-electron chi connectivity index (χ4n) is 3.34. The lowest BCUT2D eigenvalue weighted by atomic mass is 9.90. The first kappa shape index (κ1) is 16.7. The Morgan fingerprint density at radius 1 is 1.08 bits per heavy atom. The number of aromatic amines is 1. The van der Waals surface area contributed by atoms with Gasteiger partial charge in [-0.3, -0.25) is 0 Å². The lowest BCUT2D eigenvalue weighted by Crippen LogP contribution is -2.37. The summed E-state index contributed by atoms with van der Waals surface area (Å²) in [6, 6.07) is 13.5. The number of fused-ring (bicyclic) bond motifs is 1. The first-order valence-corrected chi connectivity index (χ1v) is 10.3. The van der Waals surface area contributed by atoms with Gasteiger partial charge in [0.1, 0.15) is 11.0 Å². The minimum atomic E-state index is -3.54. The van der Waals surface area contributed by atoms with Gasteiger partial charge in [0.2, 0.25) is 10.0 Å². The first-order valence-electron chi connectivity index (χ1n) is 8.11. The molecule has 0 saturated carbocycles. The Bertz CT molecular complexity index is 996. The van der Waals surface area contributed by atoms with E-state index in [1.165, 1.54) is 5.56 Å². The first-order chi connectivity index (χ1) is 12.1. The summed E-state index contributed by atoms with van der Waals surface area (Å²) in [4.78, 5) is 0.249. The van der Waals surface area contributed by atoms with Gasteiger partial charge in [-0.1, -0.05) is 30.3 Å². The molecular weight excluding hydrogens is 404 g/mol. The standard InChI is InChI=1S/C17H17BrN4O2S/c18-15-10-14(11-16-17(15)20-21-19-16)25(23,24)22-8-6-13(7-9-22)12-4-2-1-3-5-12/h1-5,10-11,13H,6-9H2,(H,19,20,21). The van der Waals surface area contributed by atoms with Crippen LogP contribution >= 0.6 is 15.9 Å². The van der Waals surface area contributed by atoms with Crippen molar-refractivity contribution >= 4 is 37.0 Å². The largest absolute Gasteiger partial charge is 0.243 e. The van der Waals surface area contributed by atoms with Crippen LogP contribution in [0.1, 0.15) is 24.3 Å². The maximum absolute atomic E-state index is 13.0. The van der Waals surface area contributed by atoms with Crippen LogP contribution in [0.25, 0.3) is 11.0 Å². The number of H-pyrrole nitrogens is 1. The predicted molar refractivity (Wildman–Crippen MR) is 98.8 cm³/mol. The number of sulfonamides is 1. The number of halogens is 1. The monoisotopic (exact) mass is 420 g/mol. The quantitative estimate of drug-likeness (QED) is 0.704. The minimum Gasteiger partial charge on any atom is -0.207 e. The number of hydrogen-bond acceptors (Lipinski definition) is 4. The van der Waals surface area contributed by atoms with Crippen molar-refractivity contribution in [3.63, 3.8) is 0 Å². The average molecular weight is 421 g/mol. The molecule has 1 saturated heterocycles. The Morgan fingerprint density at radius 3 is 2.52 bits per heavy atom. The molecule has 6 nitrogen and oxygen atoms in total. The molecule has 2 heterocycles. The molecule has 1 N–H and O–H groups in total. The number of rotatable bonds is 3. The molecule has 2 aromatic carbocycles. The third-order valence-electron chi connectivity index (χ3n) is 4.71. The Kier molecular flexibility index (Phi) is 4.35. The van der Waals surface area contributed by atoms with E-state index in [9.17, 15) is 8.42 Å². The van der Waals surface area contributed by atoms with E-state index in [4.69, 9.17) is 0 Å². The van der Waals surface area contributed by atoms with Crippen LogP contribution < -0.4 is 0 Å². The van der Waals surface area contributed by atoms with Gasteiger partial charge in [-0.25, -0.2) is 8.42 Å². The highest BCUT2D eigenvalue weighted by atomic mass is 79.9. The molecule has 0 atom stereocenters. The zero-order chi connectivity index (χ0) is 17.4. The lowest BCUT2D eigenvalue weighted by Gasteiger charge is -2.31. The highest BCUT2D eigenvalue weighted by Crippen LogP contribution is 2.32. The van der Waals surface area contributed by atoms with E-state index in [1.807, 2.05) is 18.2 Å². The molecule has 25 heavy (non-hydrogen) atoms. The molecule has 3 aromatic rings. The van der Waals surface area contributed by atoms with Gasteiger partial charge in [0.25, 0.3) is 0 Å². The van der Waals surface area contributed by atoms with Crippen molar-refractivity contribution < 1.29 is 8.42 Å². The zero-order valence-electron chi connectivity index (χ0n) is 13.4. The van der Waals surface area contributed by atoms with E-state index < -0.39 is 10.0 Å². The van der Waals surface area contributed by atoms with E-state index in [2.05, 4.69) is 43.5 Å². The molecule has 1 aliphatic rings. The molecule has 1 fully saturated rings. The van der Waals surface area contributed by atoms with E-state index in [0.29, 0.717) is 34.5 Å². The van der Waals surface area contributed by atoms with Crippen LogP contribution in [-0.2, 0) is 10.0 Å². The third kappa shape index (κ3) is 3.09. The summed E-state index contributed by atoms with van der Waals surface area (Å²) in [6.07, 6.45) is 1.66. The molecule has 1 aliphatic heterocycles. The fraction of sp³-hybridized carbons (Fsp3) is 0.294. The summed E-state index contributed by atoms with van der Waals surface area (Å²) >= 11 is 3.38. The summed E-state index contributed by atoms with van der Waals surface area (Å²) < 4.78 is 28.2. The molecule has 130 valence electrons. The Morgan fingerprint density at radius 2 is 1.80 bits per heavy atom. The topological polar surface area (TPSA) is 79.0 Å². The normalized spacial score (nSPS) is 17.2. The van der Waals surface area contributed by atoms with Crippen LogP contribution in [0.5, 0.6) is 0 Å². The van der Waals surface area contributed by atoms with Crippen molar-refractivity contribution in [3.8, 4) is 0 Å². The van der Waals surface area contributed by atoms with E-state index in [-0.39, 0.29) is 4.90 Å².